The molecule has 1 aliphatic rings. The van der Waals surface area contributed by atoms with Gasteiger partial charge in [-0.05, 0) is 57.2 Å². The summed E-state index contributed by atoms with van der Waals surface area (Å²) in [6.45, 7) is 8.70. The van der Waals surface area contributed by atoms with Crippen molar-refractivity contribution in [3.05, 3.63) is 72.2 Å². The first-order chi connectivity index (χ1) is 17.3. The van der Waals surface area contributed by atoms with E-state index in [1.165, 1.54) is 3.97 Å². The quantitative estimate of drug-likeness (QED) is 0.403. The Balaban J connectivity index is 1.49. The van der Waals surface area contributed by atoms with Crippen LogP contribution in [0.5, 0.6) is 0 Å². The summed E-state index contributed by atoms with van der Waals surface area (Å²) in [6, 6.07) is 14.9. The summed E-state index contributed by atoms with van der Waals surface area (Å²) in [7, 11) is -3.80. The summed E-state index contributed by atoms with van der Waals surface area (Å²) in [5, 5.41) is 9.14. The zero-order valence-corrected chi connectivity index (χ0v) is 21.2. The molecule has 0 saturated carbocycles. The van der Waals surface area contributed by atoms with E-state index in [0.717, 1.165) is 59.0 Å². The van der Waals surface area contributed by atoms with Crippen LogP contribution in [-0.4, -0.2) is 57.6 Å². The van der Waals surface area contributed by atoms with Crippen molar-refractivity contribution >= 4 is 32.5 Å². The molecule has 0 radical (unpaired) electrons. The van der Waals surface area contributed by atoms with Crippen LogP contribution in [0, 0.1) is 13.8 Å². The molecule has 0 spiro atoms. The number of pyridine rings is 1. The van der Waals surface area contributed by atoms with Crippen LogP contribution >= 0.6 is 0 Å². The number of hydrogen-bond acceptors (Lipinski definition) is 7. The number of aromatic nitrogens is 5. The fourth-order valence-electron chi connectivity index (χ4n) is 4.89. The summed E-state index contributed by atoms with van der Waals surface area (Å²) in [5.41, 5.74) is 4.58. The first-order valence-electron chi connectivity index (χ1n) is 12.0. The van der Waals surface area contributed by atoms with Crippen molar-refractivity contribution in [1.82, 2.24) is 28.9 Å². The van der Waals surface area contributed by atoms with Crippen molar-refractivity contribution in [2.75, 3.05) is 24.5 Å². The number of piperazine rings is 1. The van der Waals surface area contributed by atoms with E-state index in [9.17, 15) is 8.42 Å². The van der Waals surface area contributed by atoms with Crippen LogP contribution in [0.2, 0.25) is 0 Å². The lowest BCUT2D eigenvalue weighted by Gasteiger charge is -2.32. The van der Waals surface area contributed by atoms with Gasteiger partial charge in [-0.3, -0.25) is 0 Å². The third kappa shape index (κ3) is 3.64. The van der Waals surface area contributed by atoms with E-state index in [0.29, 0.717) is 11.7 Å². The molecule has 4 aromatic heterocycles. The second-order valence-electron chi connectivity index (χ2n) is 9.33. The smallest absolute Gasteiger partial charge is 0.269 e. The highest BCUT2D eigenvalue weighted by molar-refractivity contribution is 7.90. The highest BCUT2D eigenvalue weighted by Crippen LogP contribution is 2.32. The van der Waals surface area contributed by atoms with Crippen LogP contribution in [0.1, 0.15) is 18.2 Å². The largest absolute Gasteiger partial charge is 0.352 e. The molecule has 9 nitrogen and oxygen atoms in total. The second kappa shape index (κ2) is 8.42. The first kappa shape index (κ1) is 22.7. The number of imidazole rings is 1. The molecule has 0 amide bonds. The molecule has 1 atom stereocenters. The highest BCUT2D eigenvalue weighted by Gasteiger charge is 2.24. The van der Waals surface area contributed by atoms with Gasteiger partial charge in [0.25, 0.3) is 10.0 Å². The number of benzene rings is 1. The summed E-state index contributed by atoms with van der Waals surface area (Å²) < 4.78 is 30.0. The molecule has 0 aliphatic carbocycles. The lowest BCUT2D eigenvalue weighted by Crippen LogP contribution is -2.49. The molecule has 6 rings (SSSR count). The summed E-state index contributed by atoms with van der Waals surface area (Å²) in [5.74, 6) is 0.888. The number of nitrogens with zero attached hydrogens (tertiary/aromatic N) is 6. The van der Waals surface area contributed by atoms with Gasteiger partial charge in [0.1, 0.15) is 5.82 Å². The number of rotatable bonds is 4. The van der Waals surface area contributed by atoms with Gasteiger partial charge in [0, 0.05) is 49.0 Å². The minimum absolute atomic E-state index is 0.223. The van der Waals surface area contributed by atoms with Gasteiger partial charge in [-0.1, -0.05) is 17.7 Å². The van der Waals surface area contributed by atoms with Crippen molar-refractivity contribution in [3.63, 3.8) is 0 Å². The maximum Gasteiger partial charge on any atom is 0.269 e. The zero-order valence-electron chi connectivity index (χ0n) is 20.4. The molecule has 1 aromatic carbocycles. The number of nitrogens with one attached hydrogen (secondary N) is 1. The number of fused-ring (bicyclic) bond motifs is 2. The van der Waals surface area contributed by atoms with Crippen molar-refractivity contribution < 1.29 is 8.42 Å². The van der Waals surface area contributed by atoms with Crippen LogP contribution in [0.4, 0.5) is 5.82 Å². The van der Waals surface area contributed by atoms with E-state index in [2.05, 4.69) is 22.1 Å². The monoisotopic (exact) mass is 501 g/mol. The van der Waals surface area contributed by atoms with Crippen LogP contribution in [0.3, 0.4) is 0 Å². The molecule has 5 aromatic rings. The Morgan fingerprint density at radius 2 is 1.83 bits per heavy atom. The van der Waals surface area contributed by atoms with Crippen LogP contribution < -0.4 is 10.2 Å². The summed E-state index contributed by atoms with van der Waals surface area (Å²) >= 11 is 0. The minimum atomic E-state index is -3.80. The molecule has 36 heavy (non-hydrogen) atoms. The fourth-order valence-corrected chi connectivity index (χ4v) is 6.19. The third-order valence-corrected chi connectivity index (χ3v) is 8.40. The van der Waals surface area contributed by atoms with Gasteiger partial charge in [0.15, 0.2) is 11.3 Å². The normalized spacial score (nSPS) is 16.8. The van der Waals surface area contributed by atoms with Crippen LogP contribution in [0.25, 0.3) is 27.9 Å². The van der Waals surface area contributed by atoms with E-state index in [1.54, 1.807) is 42.7 Å². The standard InChI is InChI=1S/C26H27N7O2S/c1-17-4-6-20(7-5-17)36(34,35)32-14-11-22-21(10-12-28-26(22)32)25-19(3)29-23-8-9-24(30-33(23)25)31-15-13-27-18(2)16-31/h4-12,14,18,27H,13,15-16H2,1-3H3/t18-/m1/s1. The zero-order chi connectivity index (χ0) is 25.0. The minimum Gasteiger partial charge on any atom is -0.352 e. The van der Waals surface area contributed by atoms with Crippen molar-refractivity contribution in [2.45, 2.75) is 31.7 Å². The predicted octanol–water partition coefficient (Wildman–Crippen LogP) is 3.40. The van der Waals surface area contributed by atoms with Crippen molar-refractivity contribution in [3.8, 4) is 11.3 Å². The Labute approximate surface area is 209 Å². The molecule has 1 fully saturated rings. The van der Waals surface area contributed by atoms with Gasteiger partial charge < -0.3 is 10.2 Å². The summed E-state index contributed by atoms with van der Waals surface area (Å²) in [4.78, 5) is 11.7. The van der Waals surface area contributed by atoms with Gasteiger partial charge in [0.2, 0.25) is 0 Å². The summed E-state index contributed by atoms with van der Waals surface area (Å²) in [6.07, 6.45) is 3.20. The average Bonchev–Trinajstić information content (AvgIpc) is 3.45. The maximum atomic E-state index is 13.4. The molecular formula is C26H27N7O2S. The lowest BCUT2D eigenvalue weighted by atomic mass is 10.1. The SMILES string of the molecule is Cc1ccc(S(=O)(=O)n2ccc3c(-c4c(C)nc5ccc(N6CCN[C@H](C)C6)nn45)ccnc32)cc1. The van der Waals surface area contributed by atoms with Gasteiger partial charge in [-0.15, -0.1) is 5.10 Å². The van der Waals surface area contributed by atoms with Crippen LogP contribution in [0.15, 0.2) is 65.8 Å². The Morgan fingerprint density at radius 3 is 2.61 bits per heavy atom. The first-order valence-corrected chi connectivity index (χ1v) is 13.4. The van der Waals surface area contributed by atoms with E-state index in [1.807, 2.05) is 36.6 Å². The number of aryl methyl sites for hydroxylation is 2. The van der Waals surface area contributed by atoms with Gasteiger partial charge in [0.05, 0.1) is 16.3 Å². The molecule has 1 N–H and O–H groups in total. The van der Waals surface area contributed by atoms with Gasteiger partial charge in [-0.2, -0.15) is 0 Å². The van der Waals surface area contributed by atoms with E-state index in [4.69, 9.17) is 10.1 Å². The predicted molar refractivity (Wildman–Crippen MR) is 140 cm³/mol. The molecule has 184 valence electrons. The lowest BCUT2D eigenvalue weighted by molar-refractivity contribution is 0.481. The third-order valence-electron chi connectivity index (χ3n) is 6.72. The molecule has 0 unspecified atom stereocenters. The van der Waals surface area contributed by atoms with Crippen molar-refractivity contribution in [2.24, 2.45) is 0 Å². The van der Waals surface area contributed by atoms with E-state index < -0.39 is 10.0 Å². The van der Waals surface area contributed by atoms with Gasteiger partial charge >= 0.3 is 0 Å². The van der Waals surface area contributed by atoms with E-state index in [-0.39, 0.29) is 4.90 Å². The maximum absolute atomic E-state index is 13.4. The topological polar surface area (TPSA) is 97.4 Å². The van der Waals surface area contributed by atoms with Gasteiger partial charge in [-0.25, -0.2) is 26.9 Å². The van der Waals surface area contributed by atoms with Crippen molar-refractivity contribution in [1.29, 1.82) is 0 Å². The highest BCUT2D eigenvalue weighted by atomic mass is 32.2. The van der Waals surface area contributed by atoms with Crippen LogP contribution in [-0.2, 0) is 10.0 Å². The molecule has 1 aliphatic heterocycles. The Kier molecular flexibility index (Phi) is 5.31. The average molecular weight is 502 g/mol. The fraction of sp³-hybridized carbons (Fsp3) is 0.269. The molecular weight excluding hydrogens is 474 g/mol. The Hall–Kier alpha value is -3.76. The molecule has 0 bridgehead atoms. The number of anilines is 1. The van der Waals surface area contributed by atoms with E-state index >= 15 is 0 Å². The Morgan fingerprint density at radius 1 is 1.03 bits per heavy atom. The Bertz CT molecular complexity index is 1700. The molecule has 5 heterocycles. The molecule has 10 heteroatoms. The number of hydrogen-bond donors (Lipinski definition) is 1. The second-order valence-corrected chi connectivity index (χ2v) is 11.1. The molecule has 1 saturated heterocycles.